The number of rotatable bonds is 8. The molecule has 2 saturated carbocycles. The van der Waals surface area contributed by atoms with Crippen LogP contribution in [0.4, 0.5) is 0 Å². The Morgan fingerprint density at radius 1 is 1.15 bits per heavy atom. The van der Waals surface area contributed by atoms with Crippen molar-refractivity contribution in [3.63, 3.8) is 0 Å². The first-order chi connectivity index (χ1) is 12.8. The van der Waals surface area contributed by atoms with E-state index in [1.165, 1.54) is 44.9 Å². The molecule has 1 aliphatic heterocycles. The van der Waals surface area contributed by atoms with Crippen LogP contribution in [0.25, 0.3) is 0 Å². The van der Waals surface area contributed by atoms with Gasteiger partial charge in [-0.1, -0.05) is 26.2 Å². The molecule has 2 N–H and O–H groups in total. The van der Waals surface area contributed by atoms with E-state index in [0.717, 1.165) is 64.5 Å². The molecule has 2 aliphatic carbocycles. The molecule has 27 heavy (non-hydrogen) atoms. The zero-order valence-electron chi connectivity index (χ0n) is 17.3. The number of nitrogens with zero attached hydrogens (tertiary/aromatic N) is 3. The first-order valence-electron chi connectivity index (χ1n) is 10.8. The van der Waals surface area contributed by atoms with E-state index in [-0.39, 0.29) is 29.5 Å². The highest BCUT2D eigenvalue weighted by Gasteiger charge is 2.38. The molecule has 1 heterocycles. The fourth-order valence-electron chi connectivity index (χ4n) is 4.68. The summed E-state index contributed by atoms with van der Waals surface area (Å²) in [7, 11) is 1.89. The smallest absolute Gasteiger partial charge is 0.191 e. The van der Waals surface area contributed by atoms with Crippen molar-refractivity contribution < 1.29 is 4.74 Å². The van der Waals surface area contributed by atoms with Crippen LogP contribution in [0.2, 0.25) is 0 Å². The minimum absolute atomic E-state index is 0. The van der Waals surface area contributed by atoms with Gasteiger partial charge in [0, 0.05) is 51.4 Å². The Morgan fingerprint density at radius 2 is 1.85 bits per heavy atom. The number of hydrogen-bond acceptors (Lipinski definition) is 4. The number of ether oxygens (including phenoxy) is 1. The minimum Gasteiger partial charge on any atom is -0.379 e. The molecule has 0 atom stereocenters. The minimum atomic E-state index is 0. The molecule has 3 fully saturated rings. The Balaban J connectivity index is 0.00000261. The van der Waals surface area contributed by atoms with Gasteiger partial charge in [-0.25, -0.2) is 0 Å². The lowest BCUT2D eigenvalue weighted by Gasteiger charge is -2.48. The Labute approximate surface area is 182 Å². The maximum Gasteiger partial charge on any atom is 0.191 e. The van der Waals surface area contributed by atoms with E-state index in [9.17, 15) is 0 Å². The molecule has 3 aliphatic rings. The summed E-state index contributed by atoms with van der Waals surface area (Å²) in [4.78, 5) is 9.73. The maximum atomic E-state index is 5.59. The van der Waals surface area contributed by atoms with Crippen molar-refractivity contribution in [1.29, 1.82) is 0 Å². The fraction of sp³-hybridized carbons (Fsp3) is 0.950. The highest BCUT2D eigenvalue weighted by atomic mass is 127. The van der Waals surface area contributed by atoms with Gasteiger partial charge < -0.3 is 15.4 Å². The van der Waals surface area contributed by atoms with Gasteiger partial charge in [-0.2, -0.15) is 0 Å². The SMILES string of the molecule is CCN(CCNC(=NC)NCC1(N2CCOCC2)CCCCC1)C1CC1.I. The summed E-state index contributed by atoms with van der Waals surface area (Å²) in [6, 6.07) is 0.837. The highest BCUT2D eigenvalue weighted by molar-refractivity contribution is 14.0. The summed E-state index contributed by atoms with van der Waals surface area (Å²) < 4.78 is 5.59. The van der Waals surface area contributed by atoms with Crippen LogP contribution in [0.5, 0.6) is 0 Å². The van der Waals surface area contributed by atoms with Crippen molar-refractivity contribution in [3.05, 3.63) is 0 Å². The van der Waals surface area contributed by atoms with Gasteiger partial charge in [0.2, 0.25) is 0 Å². The van der Waals surface area contributed by atoms with E-state index in [1.54, 1.807) is 0 Å². The normalized spacial score (nSPS) is 23.7. The number of nitrogens with one attached hydrogen (secondary N) is 2. The number of hydrogen-bond donors (Lipinski definition) is 2. The van der Waals surface area contributed by atoms with Gasteiger partial charge in [0.25, 0.3) is 0 Å². The average Bonchev–Trinajstić information content (AvgIpc) is 3.54. The van der Waals surface area contributed by atoms with Crippen LogP contribution in [0.3, 0.4) is 0 Å². The van der Waals surface area contributed by atoms with Gasteiger partial charge in [0.05, 0.1) is 13.2 Å². The van der Waals surface area contributed by atoms with E-state index in [1.807, 2.05) is 7.05 Å². The van der Waals surface area contributed by atoms with Gasteiger partial charge in [-0.3, -0.25) is 14.8 Å². The summed E-state index contributed by atoms with van der Waals surface area (Å²) in [5.41, 5.74) is 0.281. The predicted molar refractivity (Wildman–Crippen MR) is 123 cm³/mol. The van der Waals surface area contributed by atoms with Crippen LogP contribution in [0.1, 0.15) is 51.9 Å². The number of morpholine rings is 1. The van der Waals surface area contributed by atoms with Gasteiger partial charge in [-0.15, -0.1) is 24.0 Å². The molecule has 0 aromatic carbocycles. The Morgan fingerprint density at radius 3 is 2.44 bits per heavy atom. The average molecular weight is 493 g/mol. The molecular formula is C20H40IN5O. The number of likely N-dealkylation sites (N-methyl/N-ethyl adjacent to an activating group) is 1. The zero-order chi connectivity index (χ0) is 18.2. The molecule has 1 saturated heterocycles. The summed E-state index contributed by atoms with van der Waals surface area (Å²) in [5, 5.41) is 7.18. The largest absolute Gasteiger partial charge is 0.379 e. The number of guanidine groups is 1. The lowest BCUT2D eigenvalue weighted by molar-refractivity contribution is -0.0352. The molecule has 0 radical (unpaired) electrons. The molecule has 0 aromatic heterocycles. The third kappa shape index (κ3) is 6.72. The van der Waals surface area contributed by atoms with Crippen LogP contribution >= 0.6 is 24.0 Å². The van der Waals surface area contributed by atoms with Crippen molar-refractivity contribution in [2.24, 2.45) is 4.99 Å². The predicted octanol–water partition coefficient (Wildman–Crippen LogP) is 2.29. The van der Waals surface area contributed by atoms with Gasteiger partial charge in [-0.05, 0) is 32.2 Å². The van der Waals surface area contributed by atoms with E-state index in [0.29, 0.717) is 0 Å². The molecule has 158 valence electrons. The highest BCUT2D eigenvalue weighted by Crippen LogP contribution is 2.33. The lowest BCUT2D eigenvalue weighted by Crippen LogP contribution is -2.60. The molecule has 0 bridgehead atoms. The van der Waals surface area contributed by atoms with Crippen LogP contribution < -0.4 is 10.6 Å². The summed E-state index contributed by atoms with van der Waals surface area (Å²) >= 11 is 0. The monoisotopic (exact) mass is 493 g/mol. The Kier molecular flexibility index (Phi) is 10.1. The third-order valence-corrected chi connectivity index (χ3v) is 6.44. The van der Waals surface area contributed by atoms with Crippen molar-refractivity contribution in [3.8, 4) is 0 Å². The van der Waals surface area contributed by atoms with Crippen LogP contribution in [0, 0.1) is 0 Å². The first-order valence-corrected chi connectivity index (χ1v) is 10.8. The Hall–Kier alpha value is -0.120. The quantitative estimate of drug-likeness (QED) is 0.309. The molecule has 3 rings (SSSR count). The van der Waals surface area contributed by atoms with Crippen molar-refractivity contribution >= 4 is 29.9 Å². The second-order valence-electron chi connectivity index (χ2n) is 8.10. The van der Waals surface area contributed by atoms with E-state index >= 15 is 0 Å². The van der Waals surface area contributed by atoms with E-state index < -0.39 is 0 Å². The van der Waals surface area contributed by atoms with Gasteiger partial charge in [0.1, 0.15) is 0 Å². The number of halogens is 1. The zero-order valence-corrected chi connectivity index (χ0v) is 19.7. The second kappa shape index (κ2) is 11.8. The summed E-state index contributed by atoms with van der Waals surface area (Å²) in [6.45, 7) is 10.4. The molecular weight excluding hydrogens is 453 g/mol. The second-order valence-corrected chi connectivity index (χ2v) is 8.10. The van der Waals surface area contributed by atoms with Crippen molar-refractivity contribution in [2.45, 2.75) is 63.5 Å². The molecule has 6 nitrogen and oxygen atoms in total. The summed E-state index contributed by atoms with van der Waals surface area (Å²) in [5.74, 6) is 0.954. The third-order valence-electron chi connectivity index (χ3n) is 6.44. The van der Waals surface area contributed by atoms with Gasteiger partial charge in [0.15, 0.2) is 5.96 Å². The first kappa shape index (κ1) is 23.2. The molecule has 0 amide bonds. The van der Waals surface area contributed by atoms with Crippen molar-refractivity contribution in [2.75, 3.05) is 59.5 Å². The molecule has 0 unspecified atom stereocenters. The van der Waals surface area contributed by atoms with E-state index in [2.05, 4.69) is 32.3 Å². The Bertz CT molecular complexity index is 446. The number of aliphatic imine (C=N–C) groups is 1. The topological polar surface area (TPSA) is 52.1 Å². The molecule has 7 heteroatoms. The van der Waals surface area contributed by atoms with Gasteiger partial charge >= 0.3 is 0 Å². The lowest BCUT2D eigenvalue weighted by atomic mass is 9.80. The van der Waals surface area contributed by atoms with Crippen LogP contribution in [0.15, 0.2) is 4.99 Å². The van der Waals surface area contributed by atoms with Crippen molar-refractivity contribution in [1.82, 2.24) is 20.4 Å². The fourth-order valence-corrected chi connectivity index (χ4v) is 4.68. The maximum absolute atomic E-state index is 5.59. The van der Waals surface area contributed by atoms with Crippen LogP contribution in [-0.4, -0.2) is 86.9 Å². The summed E-state index contributed by atoms with van der Waals surface area (Å²) in [6.07, 6.45) is 9.42. The van der Waals surface area contributed by atoms with Crippen LogP contribution in [-0.2, 0) is 4.74 Å². The standard InChI is InChI=1S/C20H39N5O.HI/c1-3-24(18-7-8-18)12-11-22-19(21-2)23-17-20(9-5-4-6-10-20)25-13-15-26-16-14-25;/h18H,3-17H2,1-2H3,(H2,21,22,23);1H. The molecule has 0 aromatic rings. The molecule has 0 spiro atoms. The van der Waals surface area contributed by atoms with E-state index in [4.69, 9.17) is 4.74 Å².